The van der Waals surface area contributed by atoms with E-state index >= 15 is 0 Å². The summed E-state index contributed by atoms with van der Waals surface area (Å²) in [5.74, 6) is -0.357. The fourth-order valence-electron chi connectivity index (χ4n) is 1.98. The van der Waals surface area contributed by atoms with Crippen molar-refractivity contribution in [2.24, 2.45) is 5.41 Å². The van der Waals surface area contributed by atoms with Gasteiger partial charge in [-0.3, -0.25) is 14.9 Å². The largest absolute Gasteiger partial charge is 0.493 e. The average molecular weight is 292 g/mol. The lowest BCUT2D eigenvalue weighted by atomic mass is 9.88. The van der Waals surface area contributed by atoms with Crippen LogP contribution in [0.1, 0.15) is 13.8 Å². The minimum atomic E-state index is -1.32. The Morgan fingerprint density at radius 2 is 1.67 bits per heavy atom. The molecule has 1 N–H and O–H groups in total. The number of ether oxygens (including phenoxy) is 2. The van der Waals surface area contributed by atoms with Gasteiger partial charge in [0.15, 0.2) is 11.5 Å². The third kappa shape index (κ3) is 2.31. The lowest BCUT2D eigenvalue weighted by Gasteiger charge is -2.34. The van der Waals surface area contributed by atoms with Gasteiger partial charge in [0.25, 0.3) is 0 Å². The van der Waals surface area contributed by atoms with Crippen molar-refractivity contribution in [2.45, 2.75) is 13.8 Å². The zero-order valence-electron chi connectivity index (χ0n) is 12.2. The number of benzene rings is 1. The molecule has 7 heteroatoms. The number of amides is 4. The molecule has 0 saturated carbocycles. The zero-order valence-corrected chi connectivity index (χ0v) is 12.2. The summed E-state index contributed by atoms with van der Waals surface area (Å²) in [6.07, 6.45) is 0. The Morgan fingerprint density at radius 3 is 2.24 bits per heavy atom. The normalized spacial score (nSPS) is 17.5. The first-order valence-corrected chi connectivity index (χ1v) is 6.25. The van der Waals surface area contributed by atoms with Crippen LogP contribution < -0.4 is 19.7 Å². The molecule has 0 bridgehead atoms. The van der Waals surface area contributed by atoms with Gasteiger partial charge in [0.05, 0.1) is 19.9 Å². The van der Waals surface area contributed by atoms with Crippen LogP contribution >= 0.6 is 0 Å². The van der Waals surface area contributed by atoms with E-state index in [1.807, 2.05) is 0 Å². The maximum Gasteiger partial charge on any atom is 0.335 e. The van der Waals surface area contributed by atoms with Crippen LogP contribution in [0.15, 0.2) is 18.2 Å². The van der Waals surface area contributed by atoms with Gasteiger partial charge in [0.2, 0.25) is 11.8 Å². The van der Waals surface area contributed by atoms with Crippen LogP contribution in [0.25, 0.3) is 0 Å². The summed E-state index contributed by atoms with van der Waals surface area (Å²) in [5.41, 5.74) is -1.02. The van der Waals surface area contributed by atoms with Crippen molar-refractivity contribution in [3.8, 4) is 11.5 Å². The number of rotatable bonds is 3. The predicted molar refractivity (Wildman–Crippen MR) is 74.4 cm³/mol. The molecule has 0 radical (unpaired) electrons. The molecule has 0 aromatic heterocycles. The molecule has 7 nitrogen and oxygen atoms in total. The highest BCUT2D eigenvalue weighted by atomic mass is 16.5. The Labute approximate surface area is 121 Å². The quantitative estimate of drug-likeness (QED) is 0.849. The van der Waals surface area contributed by atoms with Crippen molar-refractivity contribution >= 4 is 23.5 Å². The average Bonchev–Trinajstić information content (AvgIpc) is 2.45. The van der Waals surface area contributed by atoms with Crippen molar-refractivity contribution in [2.75, 3.05) is 19.1 Å². The van der Waals surface area contributed by atoms with Crippen LogP contribution in [0.4, 0.5) is 10.5 Å². The second-order valence-corrected chi connectivity index (χ2v) is 5.06. The van der Waals surface area contributed by atoms with Crippen molar-refractivity contribution in [3.63, 3.8) is 0 Å². The molecule has 21 heavy (non-hydrogen) atoms. The number of anilines is 1. The van der Waals surface area contributed by atoms with Crippen LogP contribution in [0.3, 0.4) is 0 Å². The van der Waals surface area contributed by atoms with E-state index < -0.39 is 23.3 Å². The van der Waals surface area contributed by atoms with Gasteiger partial charge < -0.3 is 9.47 Å². The van der Waals surface area contributed by atoms with Gasteiger partial charge in [-0.1, -0.05) is 0 Å². The van der Waals surface area contributed by atoms with E-state index in [4.69, 9.17) is 9.47 Å². The van der Waals surface area contributed by atoms with Crippen molar-refractivity contribution in [3.05, 3.63) is 18.2 Å². The Morgan fingerprint density at radius 1 is 1.05 bits per heavy atom. The van der Waals surface area contributed by atoms with E-state index in [9.17, 15) is 14.4 Å². The molecule has 1 saturated heterocycles. The van der Waals surface area contributed by atoms with Gasteiger partial charge in [-0.05, 0) is 26.0 Å². The molecule has 0 atom stereocenters. The number of urea groups is 1. The topological polar surface area (TPSA) is 84.9 Å². The first-order valence-electron chi connectivity index (χ1n) is 6.25. The minimum absolute atomic E-state index is 0.302. The molecule has 1 aromatic rings. The molecule has 0 unspecified atom stereocenters. The summed E-state index contributed by atoms with van der Waals surface area (Å²) >= 11 is 0. The number of hydrogen-bond acceptors (Lipinski definition) is 5. The number of imide groups is 2. The maximum absolute atomic E-state index is 12.4. The molecule has 1 fully saturated rings. The summed E-state index contributed by atoms with van der Waals surface area (Å²) < 4.78 is 10.3. The number of hydrogen-bond donors (Lipinski definition) is 1. The first-order chi connectivity index (χ1) is 9.82. The lowest BCUT2D eigenvalue weighted by molar-refractivity contribution is -0.140. The molecular formula is C14H16N2O5. The molecule has 1 aromatic carbocycles. The summed E-state index contributed by atoms with van der Waals surface area (Å²) in [6.45, 7) is 2.93. The molecule has 2 rings (SSSR count). The van der Waals surface area contributed by atoms with Gasteiger partial charge >= 0.3 is 6.03 Å². The van der Waals surface area contributed by atoms with Crippen LogP contribution in [0, 0.1) is 5.41 Å². The Kier molecular flexibility index (Phi) is 3.59. The van der Waals surface area contributed by atoms with E-state index in [0.29, 0.717) is 17.2 Å². The molecule has 1 heterocycles. The standard InChI is InChI=1S/C14H16N2O5/c1-14(2)11(17)15-13(19)16(12(14)18)8-5-6-9(20-3)10(7-8)21-4/h5-7H,1-4H3,(H,15,17,19). The summed E-state index contributed by atoms with van der Waals surface area (Å²) in [7, 11) is 2.94. The monoisotopic (exact) mass is 292 g/mol. The summed E-state index contributed by atoms with van der Waals surface area (Å²) in [6, 6.07) is 3.85. The fourth-order valence-corrected chi connectivity index (χ4v) is 1.98. The molecule has 4 amide bonds. The van der Waals surface area contributed by atoms with Crippen LogP contribution in [-0.2, 0) is 9.59 Å². The third-order valence-corrected chi connectivity index (χ3v) is 3.35. The molecule has 0 spiro atoms. The third-order valence-electron chi connectivity index (χ3n) is 3.35. The van der Waals surface area contributed by atoms with Crippen molar-refractivity contribution in [1.82, 2.24) is 5.32 Å². The smallest absolute Gasteiger partial charge is 0.335 e. The number of nitrogens with one attached hydrogen (secondary N) is 1. The number of carbonyl (C=O) groups is 3. The molecule has 0 aliphatic carbocycles. The fraction of sp³-hybridized carbons (Fsp3) is 0.357. The van der Waals surface area contributed by atoms with E-state index in [0.717, 1.165) is 4.90 Å². The van der Waals surface area contributed by atoms with E-state index in [-0.39, 0.29) is 0 Å². The van der Waals surface area contributed by atoms with Crippen molar-refractivity contribution < 1.29 is 23.9 Å². The van der Waals surface area contributed by atoms with E-state index in [2.05, 4.69) is 5.32 Å². The summed E-state index contributed by atoms with van der Waals surface area (Å²) in [4.78, 5) is 37.0. The van der Waals surface area contributed by atoms with E-state index in [1.165, 1.54) is 34.1 Å². The second kappa shape index (κ2) is 5.08. The predicted octanol–water partition coefficient (Wildman–Crippen LogP) is 1.31. The zero-order chi connectivity index (χ0) is 15.8. The Bertz CT molecular complexity index is 624. The summed E-state index contributed by atoms with van der Waals surface area (Å²) in [5, 5.41) is 2.17. The van der Waals surface area contributed by atoms with Crippen LogP contribution in [0.2, 0.25) is 0 Å². The van der Waals surface area contributed by atoms with Crippen molar-refractivity contribution in [1.29, 1.82) is 0 Å². The molecule has 1 aliphatic heterocycles. The maximum atomic E-state index is 12.4. The van der Waals surface area contributed by atoms with Gasteiger partial charge in [-0.15, -0.1) is 0 Å². The minimum Gasteiger partial charge on any atom is -0.493 e. The first kappa shape index (κ1) is 14.8. The van der Waals surface area contributed by atoms with Crippen LogP contribution in [-0.4, -0.2) is 32.1 Å². The van der Waals surface area contributed by atoms with E-state index in [1.54, 1.807) is 12.1 Å². The number of carbonyl (C=O) groups excluding carboxylic acids is 3. The SMILES string of the molecule is COc1ccc(N2C(=O)NC(=O)C(C)(C)C2=O)cc1OC. The lowest BCUT2D eigenvalue weighted by Crippen LogP contribution is -2.62. The highest BCUT2D eigenvalue weighted by Crippen LogP contribution is 2.34. The van der Waals surface area contributed by atoms with Crippen LogP contribution in [0.5, 0.6) is 11.5 Å². The van der Waals surface area contributed by atoms with Gasteiger partial charge in [-0.25, -0.2) is 9.69 Å². The van der Waals surface area contributed by atoms with Gasteiger partial charge in [0.1, 0.15) is 5.41 Å². The highest BCUT2D eigenvalue weighted by Gasteiger charge is 2.47. The Hall–Kier alpha value is -2.57. The number of nitrogens with zero attached hydrogens (tertiary/aromatic N) is 1. The second-order valence-electron chi connectivity index (χ2n) is 5.06. The highest BCUT2D eigenvalue weighted by molar-refractivity contribution is 6.29. The Balaban J connectivity index is 2.47. The van der Waals surface area contributed by atoms with Gasteiger partial charge in [0, 0.05) is 6.07 Å². The number of methoxy groups -OCH3 is 2. The molecular weight excluding hydrogens is 276 g/mol. The molecule has 112 valence electrons. The molecule has 1 aliphatic rings. The number of barbiturate groups is 1. The van der Waals surface area contributed by atoms with Gasteiger partial charge in [-0.2, -0.15) is 0 Å².